The van der Waals surface area contributed by atoms with Crippen LogP contribution in [0.3, 0.4) is 0 Å². The Morgan fingerprint density at radius 1 is 1.03 bits per heavy atom. The van der Waals surface area contributed by atoms with E-state index < -0.39 is 10.0 Å². The highest BCUT2D eigenvalue weighted by molar-refractivity contribution is 7.89. The maximum Gasteiger partial charge on any atom is 0.251 e. The molecule has 168 valence electrons. The molecule has 0 aromatic heterocycles. The van der Waals surface area contributed by atoms with Crippen molar-refractivity contribution in [1.29, 1.82) is 0 Å². The lowest BCUT2D eigenvalue weighted by molar-refractivity contribution is 0.0925. The zero-order valence-electron chi connectivity index (χ0n) is 18.6. The highest BCUT2D eigenvalue weighted by Crippen LogP contribution is 2.23. The molecule has 0 aliphatic carbocycles. The van der Waals surface area contributed by atoms with E-state index in [1.54, 1.807) is 16.4 Å². The molecule has 1 N–H and O–H groups in total. The molecule has 1 aliphatic rings. The van der Waals surface area contributed by atoms with E-state index >= 15 is 0 Å². The van der Waals surface area contributed by atoms with Crippen molar-refractivity contribution in [2.75, 3.05) is 19.7 Å². The topological polar surface area (TPSA) is 75.7 Å². The number of hydrogen-bond donors (Lipinski definition) is 1. The molecular weight excluding hydrogens is 412 g/mol. The number of carbonyl (C=O) groups is 1. The Morgan fingerprint density at radius 2 is 1.71 bits per heavy atom. The Bertz CT molecular complexity index is 1010. The Labute approximate surface area is 185 Å². The van der Waals surface area contributed by atoms with Crippen molar-refractivity contribution in [2.45, 2.75) is 57.4 Å². The molecule has 0 bridgehead atoms. The summed E-state index contributed by atoms with van der Waals surface area (Å²) >= 11 is 0. The molecule has 0 unspecified atom stereocenters. The van der Waals surface area contributed by atoms with Gasteiger partial charge in [-0.3, -0.25) is 4.79 Å². The van der Waals surface area contributed by atoms with Gasteiger partial charge in [0.2, 0.25) is 10.0 Å². The number of sulfonamides is 1. The summed E-state index contributed by atoms with van der Waals surface area (Å²) in [6, 6.07) is 12.3. The number of ether oxygens (including phenoxy) is 1. The average molecular weight is 445 g/mol. The van der Waals surface area contributed by atoms with E-state index in [2.05, 4.69) is 5.32 Å². The zero-order valence-corrected chi connectivity index (χ0v) is 19.4. The average Bonchev–Trinajstić information content (AvgIpc) is 3.03. The molecule has 0 spiro atoms. The minimum atomic E-state index is -3.61. The van der Waals surface area contributed by atoms with Gasteiger partial charge in [0.15, 0.2) is 0 Å². The van der Waals surface area contributed by atoms with Gasteiger partial charge in [0, 0.05) is 18.7 Å². The van der Waals surface area contributed by atoms with Crippen LogP contribution in [0, 0.1) is 13.8 Å². The third-order valence-corrected chi connectivity index (χ3v) is 7.51. The summed E-state index contributed by atoms with van der Waals surface area (Å²) in [5, 5.41) is 2.92. The number of rotatable bonds is 7. The van der Waals surface area contributed by atoms with E-state index in [4.69, 9.17) is 4.74 Å². The first-order valence-corrected chi connectivity index (χ1v) is 12.3. The number of nitrogens with zero attached hydrogens (tertiary/aromatic N) is 1. The van der Waals surface area contributed by atoms with Crippen molar-refractivity contribution in [3.63, 3.8) is 0 Å². The van der Waals surface area contributed by atoms with Gasteiger partial charge in [0.25, 0.3) is 5.91 Å². The third kappa shape index (κ3) is 5.86. The summed E-state index contributed by atoms with van der Waals surface area (Å²) in [6.45, 7) is 7.03. The molecule has 1 heterocycles. The molecule has 1 fully saturated rings. The first-order chi connectivity index (χ1) is 14.8. The summed E-state index contributed by atoms with van der Waals surface area (Å²) in [5.41, 5.74) is 2.14. The second kappa shape index (κ2) is 10.3. The van der Waals surface area contributed by atoms with Crippen LogP contribution >= 0.6 is 0 Å². The number of hydrogen-bond acceptors (Lipinski definition) is 4. The molecule has 1 amide bonds. The van der Waals surface area contributed by atoms with Gasteiger partial charge in [0.1, 0.15) is 12.4 Å². The lowest BCUT2D eigenvalue weighted by atomic mass is 10.1. The highest BCUT2D eigenvalue weighted by Gasteiger charge is 2.26. The molecule has 0 radical (unpaired) electrons. The molecule has 7 heteroatoms. The SMILES string of the molecule is Cc1ccccc1OC[C@@H](C)NC(=O)c1cc(S(=O)(=O)N2CCCCCC2)ccc1C. The zero-order chi connectivity index (χ0) is 22.4. The fraction of sp³-hybridized carbons (Fsp3) is 0.458. The van der Waals surface area contributed by atoms with Crippen LogP contribution in [0.4, 0.5) is 0 Å². The number of aryl methyl sites for hydroxylation is 2. The van der Waals surface area contributed by atoms with Gasteiger partial charge < -0.3 is 10.1 Å². The standard InChI is InChI=1S/C24H32N2O4S/c1-18-12-13-21(31(28,29)26-14-8-4-5-9-15-26)16-22(18)24(27)25-20(3)17-30-23-11-7-6-10-19(23)2/h6-7,10-13,16,20H,4-5,8-9,14-15,17H2,1-3H3,(H,25,27)/t20-/m1/s1. The predicted molar refractivity (Wildman–Crippen MR) is 122 cm³/mol. The lowest BCUT2D eigenvalue weighted by Crippen LogP contribution is -2.37. The molecule has 1 saturated heterocycles. The number of amides is 1. The second-order valence-electron chi connectivity index (χ2n) is 8.25. The highest BCUT2D eigenvalue weighted by atomic mass is 32.2. The van der Waals surface area contributed by atoms with Crippen LogP contribution in [-0.2, 0) is 10.0 Å². The van der Waals surface area contributed by atoms with E-state index in [1.165, 1.54) is 6.07 Å². The van der Waals surface area contributed by atoms with Crippen molar-refractivity contribution in [3.05, 3.63) is 59.2 Å². The van der Waals surface area contributed by atoms with Crippen LogP contribution in [0.2, 0.25) is 0 Å². The normalized spacial score (nSPS) is 16.4. The molecule has 2 aromatic rings. The molecule has 1 aliphatic heterocycles. The number of carbonyl (C=O) groups excluding carboxylic acids is 1. The summed E-state index contributed by atoms with van der Waals surface area (Å²) in [5.74, 6) is 0.483. The minimum Gasteiger partial charge on any atom is -0.491 e. The second-order valence-corrected chi connectivity index (χ2v) is 10.2. The molecule has 31 heavy (non-hydrogen) atoms. The largest absolute Gasteiger partial charge is 0.491 e. The Balaban J connectivity index is 1.70. The van der Waals surface area contributed by atoms with E-state index in [9.17, 15) is 13.2 Å². The smallest absolute Gasteiger partial charge is 0.251 e. The summed E-state index contributed by atoms with van der Waals surface area (Å²) in [4.78, 5) is 13.1. The van der Waals surface area contributed by atoms with Crippen LogP contribution in [0.15, 0.2) is 47.4 Å². The number of para-hydroxylation sites is 1. The predicted octanol–water partition coefficient (Wildman–Crippen LogP) is 4.07. The van der Waals surface area contributed by atoms with Gasteiger partial charge in [-0.2, -0.15) is 4.31 Å². The Hall–Kier alpha value is -2.38. The van der Waals surface area contributed by atoms with Crippen LogP contribution in [0.5, 0.6) is 5.75 Å². The summed E-state index contributed by atoms with van der Waals surface area (Å²) in [7, 11) is -3.61. The van der Waals surface area contributed by atoms with E-state index in [-0.39, 0.29) is 16.8 Å². The molecule has 6 nitrogen and oxygen atoms in total. The van der Waals surface area contributed by atoms with Crippen LogP contribution in [0.25, 0.3) is 0 Å². The Kier molecular flexibility index (Phi) is 7.73. The molecule has 2 aromatic carbocycles. The van der Waals surface area contributed by atoms with Crippen molar-refractivity contribution in [1.82, 2.24) is 9.62 Å². The van der Waals surface area contributed by atoms with Crippen molar-refractivity contribution in [3.8, 4) is 5.75 Å². The van der Waals surface area contributed by atoms with Gasteiger partial charge in [-0.05, 0) is 62.9 Å². The van der Waals surface area contributed by atoms with Crippen LogP contribution in [-0.4, -0.2) is 44.4 Å². The van der Waals surface area contributed by atoms with Gasteiger partial charge in [0.05, 0.1) is 10.9 Å². The first-order valence-electron chi connectivity index (χ1n) is 10.9. The monoisotopic (exact) mass is 444 g/mol. The summed E-state index contributed by atoms with van der Waals surface area (Å²) < 4.78 is 33.6. The first kappa shape index (κ1) is 23.3. The van der Waals surface area contributed by atoms with Gasteiger partial charge in [-0.15, -0.1) is 0 Å². The van der Waals surface area contributed by atoms with Crippen molar-refractivity contribution < 1.29 is 17.9 Å². The van der Waals surface area contributed by atoms with Crippen molar-refractivity contribution >= 4 is 15.9 Å². The fourth-order valence-electron chi connectivity index (χ4n) is 3.71. The molecule has 3 rings (SSSR count). The van der Waals surface area contributed by atoms with Crippen molar-refractivity contribution in [2.24, 2.45) is 0 Å². The minimum absolute atomic E-state index is 0.175. The van der Waals surface area contributed by atoms with Crippen LogP contribution in [0.1, 0.15) is 54.1 Å². The fourth-order valence-corrected chi connectivity index (χ4v) is 5.26. The maximum atomic E-state index is 13.1. The molecule has 0 saturated carbocycles. The van der Waals surface area contributed by atoms with Gasteiger partial charge >= 0.3 is 0 Å². The molecule has 1 atom stereocenters. The van der Waals surface area contributed by atoms with Crippen LogP contribution < -0.4 is 10.1 Å². The van der Waals surface area contributed by atoms with Gasteiger partial charge in [-0.25, -0.2) is 8.42 Å². The lowest BCUT2D eigenvalue weighted by Gasteiger charge is -2.21. The molecular formula is C24H32N2O4S. The van der Waals surface area contributed by atoms with E-state index in [0.29, 0.717) is 25.3 Å². The summed E-state index contributed by atoms with van der Waals surface area (Å²) in [6.07, 6.45) is 3.85. The third-order valence-electron chi connectivity index (χ3n) is 5.62. The Morgan fingerprint density at radius 3 is 2.39 bits per heavy atom. The van der Waals surface area contributed by atoms with Gasteiger partial charge in [-0.1, -0.05) is 37.1 Å². The number of nitrogens with one attached hydrogen (secondary N) is 1. The van der Waals surface area contributed by atoms with E-state index in [0.717, 1.165) is 42.6 Å². The quantitative estimate of drug-likeness (QED) is 0.699. The number of benzene rings is 2. The van der Waals surface area contributed by atoms with E-state index in [1.807, 2.05) is 45.0 Å². The maximum absolute atomic E-state index is 13.1.